The Labute approximate surface area is 55.5 Å². The predicted octanol–water partition coefficient (Wildman–Crippen LogP) is 1.65. The van der Waals surface area contributed by atoms with Crippen molar-refractivity contribution in [2.75, 3.05) is 0 Å². The number of hydrogen-bond acceptors (Lipinski definition) is 1. The van der Waals surface area contributed by atoms with Crippen molar-refractivity contribution in [2.45, 2.75) is 26.3 Å². The Kier molecular flexibility index (Phi) is 1.88. The Morgan fingerprint density at radius 1 is 1.78 bits per heavy atom. The summed E-state index contributed by atoms with van der Waals surface area (Å²) in [5, 5.41) is 0. The van der Waals surface area contributed by atoms with Crippen molar-refractivity contribution in [1.29, 1.82) is 0 Å². The van der Waals surface area contributed by atoms with Crippen molar-refractivity contribution in [2.24, 2.45) is 0 Å². The SMILES string of the molecule is CC[C@@H](C)n1c[c]nc1. The van der Waals surface area contributed by atoms with Gasteiger partial charge in [0.25, 0.3) is 0 Å². The van der Waals surface area contributed by atoms with Crippen LogP contribution in [-0.2, 0) is 0 Å². The van der Waals surface area contributed by atoms with Crippen molar-refractivity contribution in [3.63, 3.8) is 0 Å². The average molecular weight is 123 g/mol. The van der Waals surface area contributed by atoms with Crippen LogP contribution < -0.4 is 0 Å². The molecule has 0 fully saturated rings. The number of rotatable bonds is 2. The average Bonchev–Trinajstić information content (AvgIpc) is 2.37. The number of nitrogens with zero attached hydrogens (tertiary/aromatic N) is 2. The van der Waals surface area contributed by atoms with Crippen LogP contribution in [0.1, 0.15) is 26.3 Å². The van der Waals surface area contributed by atoms with Crippen molar-refractivity contribution >= 4 is 0 Å². The van der Waals surface area contributed by atoms with Gasteiger partial charge in [-0.1, -0.05) is 6.92 Å². The summed E-state index contributed by atoms with van der Waals surface area (Å²) in [7, 11) is 0. The highest BCUT2D eigenvalue weighted by Gasteiger charge is 1.97. The van der Waals surface area contributed by atoms with Crippen molar-refractivity contribution in [1.82, 2.24) is 9.55 Å². The fraction of sp³-hybridized carbons (Fsp3) is 0.571. The lowest BCUT2D eigenvalue weighted by molar-refractivity contribution is 0.530. The van der Waals surface area contributed by atoms with E-state index in [-0.39, 0.29) is 0 Å². The summed E-state index contributed by atoms with van der Waals surface area (Å²) in [5.41, 5.74) is 0. The minimum Gasteiger partial charge on any atom is -0.334 e. The van der Waals surface area contributed by atoms with Crippen LogP contribution in [-0.4, -0.2) is 9.55 Å². The molecule has 0 aromatic carbocycles. The third-order valence-corrected chi connectivity index (χ3v) is 1.57. The zero-order chi connectivity index (χ0) is 6.69. The van der Waals surface area contributed by atoms with Gasteiger partial charge in [-0.25, -0.2) is 4.98 Å². The molecule has 0 aliphatic carbocycles. The molecule has 1 radical (unpaired) electrons. The molecule has 0 N–H and O–H groups in total. The molecule has 0 saturated heterocycles. The molecule has 1 rings (SSSR count). The molecule has 2 heteroatoms. The first-order valence-corrected chi connectivity index (χ1v) is 3.24. The molecule has 1 heterocycles. The molecule has 0 saturated carbocycles. The third kappa shape index (κ3) is 1.31. The summed E-state index contributed by atoms with van der Waals surface area (Å²) in [6.45, 7) is 4.32. The molecule has 0 aliphatic heterocycles. The molecule has 1 aromatic rings. The number of hydrogen-bond donors (Lipinski definition) is 0. The number of imidazole rings is 1. The van der Waals surface area contributed by atoms with Gasteiger partial charge in [-0.15, -0.1) is 0 Å². The molecule has 1 atom stereocenters. The maximum Gasteiger partial charge on any atom is 0.108 e. The molecule has 0 unspecified atom stereocenters. The van der Waals surface area contributed by atoms with Crippen molar-refractivity contribution < 1.29 is 0 Å². The molecule has 1 aromatic heterocycles. The summed E-state index contributed by atoms with van der Waals surface area (Å²) in [6, 6.07) is 0.559. The highest BCUT2D eigenvalue weighted by molar-refractivity contribution is 4.75. The maximum atomic E-state index is 3.83. The molecule has 0 amide bonds. The highest BCUT2D eigenvalue weighted by Crippen LogP contribution is 2.06. The monoisotopic (exact) mass is 123 g/mol. The van der Waals surface area contributed by atoms with E-state index in [1.807, 2.05) is 6.20 Å². The largest absolute Gasteiger partial charge is 0.334 e. The van der Waals surface area contributed by atoms with Crippen LogP contribution in [0.2, 0.25) is 0 Å². The quantitative estimate of drug-likeness (QED) is 0.584. The van der Waals surface area contributed by atoms with Gasteiger partial charge < -0.3 is 4.57 Å². The van der Waals surface area contributed by atoms with E-state index >= 15 is 0 Å². The first-order valence-electron chi connectivity index (χ1n) is 3.24. The summed E-state index contributed by atoms with van der Waals surface area (Å²) >= 11 is 0. The topological polar surface area (TPSA) is 17.8 Å². The summed E-state index contributed by atoms with van der Waals surface area (Å²) in [5.74, 6) is 0. The van der Waals surface area contributed by atoms with Crippen LogP contribution >= 0.6 is 0 Å². The van der Waals surface area contributed by atoms with E-state index in [2.05, 4.69) is 29.6 Å². The zero-order valence-electron chi connectivity index (χ0n) is 5.83. The van der Waals surface area contributed by atoms with Gasteiger partial charge in [-0.05, 0) is 13.3 Å². The number of aromatic nitrogens is 2. The Bertz CT molecular complexity index is 155. The third-order valence-electron chi connectivity index (χ3n) is 1.57. The van der Waals surface area contributed by atoms with Gasteiger partial charge in [0.15, 0.2) is 0 Å². The lowest BCUT2D eigenvalue weighted by Crippen LogP contribution is -1.99. The lowest BCUT2D eigenvalue weighted by atomic mass is 10.3. The predicted molar refractivity (Wildman–Crippen MR) is 36.1 cm³/mol. The van der Waals surface area contributed by atoms with Gasteiger partial charge in [-0.3, -0.25) is 0 Å². The van der Waals surface area contributed by atoms with E-state index in [0.717, 1.165) is 6.42 Å². The second-order valence-electron chi connectivity index (χ2n) is 2.21. The fourth-order valence-electron chi connectivity index (χ4n) is 0.685. The van der Waals surface area contributed by atoms with E-state index in [1.54, 1.807) is 6.33 Å². The zero-order valence-corrected chi connectivity index (χ0v) is 5.83. The molecule has 9 heavy (non-hydrogen) atoms. The molecule has 49 valence electrons. The van der Waals surface area contributed by atoms with Crippen LogP contribution in [0.25, 0.3) is 0 Å². The lowest BCUT2D eigenvalue weighted by Gasteiger charge is -2.07. The van der Waals surface area contributed by atoms with Crippen LogP contribution in [0, 0.1) is 6.20 Å². The van der Waals surface area contributed by atoms with E-state index < -0.39 is 0 Å². The Morgan fingerprint density at radius 2 is 2.56 bits per heavy atom. The minimum absolute atomic E-state index is 0.559. The van der Waals surface area contributed by atoms with Gasteiger partial charge in [0.2, 0.25) is 0 Å². The second-order valence-corrected chi connectivity index (χ2v) is 2.21. The summed E-state index contributed by atoms with van der Waals surface area (Å²) in [4.78, 5) is 3.83. The van der Waals surface area contributed by atoms with Gasteiger partial charge in [0, 0.05) is 12.2 Å². The molecular formula is C7H11N2. The highest BCUT2D eigenvalue weighted by atomic mass is 15.0. The Morgan fingerprint density at radius 3 is 3.00 bits per heavy atom. The minimum atomic E-state index is 0.559. The summed E-state index contributed by atoms with van der Waals surface area (Å²) < 4.78 is 2.06. The van der Waals surface area contributed by atoms with E-state index in [0.29, 0.717) is 6.04 Å². The van der Waals surface area contributed by atoms with Crippen molar-refractivity contribution in [3.8, 4) is 0 Å². The van der Waals surface area contributed by atoms with Crippen LogP contribution in [0.3, 0.4) is 0 Å². The van der Waals surface area contributed by atoms with Crippen LogP contribution in [0.4, 0.5) is 0 Å². The van der Waals surface area contributed by atoms with E-state index in [1.165, 1.54) is 0 Å². The van der Waals surface area contributed by atoms with Gasteiger partial charge >= 0.3 is 0 Å². The smallest absolute Gasteiger partial charge is 0.108 e. The molecule has 2 nitrogen and oxygen atoms in total. The molecule has 0 aliphatic rings. The van der Waals surface area contributed by atoms with E-state index in [4.69, 9.17) is 0 Å². The first kappa shape index (κ1) is 6.33. The molecular weight excluding hydrogens is 112 g/mol. The fourth-order valence-corrected chi connectivity index (χ4v) is 0.685. The summed E-state index contributed by atoms with van der Waals surface area (Å²) in [6.07, 6.45) is 7.57. The van der Waals surface area contributed by atoms with Crippen LogP contribution in [0.15, 0.2) is 12.5 Å². The second kappa shape index (κ2) is 2.67. The standard InChI is InChI=1S/C7H11N2/c1-3-7(2)9-5-4-8-6-9/h5-7H,3H2,1-2H3/t7-/m1/s1. The Hall–Kier alpha value is -0.790. The maximum absolute atomic E-state index is 3.83. The van der Waals surface area contributed by atoms with Gasteiger partial charge in [-0.2, -0.15) is 0 Å². The normalized spacial score (nSPS) is 13.6. The van der Waals surface area contributed by atoms with E-state index in [9.17, 15) is 0 Å². The first-order chi connectivity index (χ1) is 4.34. The van der Waals surface area contributed by atoms with Crippen molar-refractivity contribution in [3.05, 3.63) is 18.7 Å². The van der Waals surface area contributed by atoms with Gasteiger partial charge in [0.05, 0.1) is 6.33 Å². The van der Waals surface area contributed by atoms with Crippen LogP contribution in [0.5, 0.6) is 0 Å². The molecule has 0 bridgehead atoms. The Balaban J connectivity index is 2.65. The molecule has 0 spiro atoms. The van der Waals surface area contributed by atoms with Gasteiger partial charge in [0.1, 0.15) is 6.20 Å².